The number of hydrogen-bond donors (Lipinski definition) is 1. The quantitative estimate of drug-likeness (QED) is 0.842. The van der Waals surface area contributed by atoms with Crippen LogP contribution in [0, 0.1) is 0 Å². The third kappa shape index (κ3) is 4.01. The molecule has 1 fully saturated rings. The van der Waals surface area contributed by atoms with E-state index in [1.54, 1.807) is 24.0 Å². The zero-order chi connectivity index (χ0) is 18.1. The van der Waals surface area contributed by atoms with Gasteiger partial charge in [-0.05, 0) is 57.4 Å². The summed E-state index contributed by atoms with van der Waals surface area (Å²) in [5.41, 5.74) is 6.34. The zero-order valence-corrected chi connectivity index (χ0v) is 15.5. The summed E-state index contributed by atoms with van der Waals surface area (Å²) in [6, 6.07) is 4.45. The molecule has 1 atom stereocenters. The Hall–Kier alpha value is -1.76. The molecule has 0 saturated carbocycles. The lowest BCUT2D eigenvalue weighted by Crippen LogP contribution is -2.36. The van der Waals surface area contributed by atoms with E-state index >= 15 is 0 Å². The smallest absolute Gasteiger partial charge is 0.410 e. The minimum atomic E-state index is -3.40. The van der Waals surface area contributed by atoms with E-state index < -0.39 is 21.5 Å². The number of carbonyl (C=O) groups excluding carboxylic acids is 1. The van der Waals surface area contributed by atoms with Gasteiger partial charge in [0, 0.05) is 12.2 Å². The minimum absolute atomic E-state index is 0.00305. The van der Waals surface area contributed by atoms with Gasteiger partial charge >= 0.3 is 6.09 Å². The van der Waals surface area contributed by atoms with Crippen LogP contribution in [0.4, 0.5) is 10.5 Å². The number of carbonyl (C=O) groups is 1. The molecule has 6 nitrogen and oxygen atoms in total. The van der Waals surface area contributed by atoms with E-state index in [9.17, 15) is 13.2 Å². The highest BCUT2D eigenvalue weighted by atomic mass is 32.2. The molecule has 2 N–H and O–H groups in total. The van der Waals surface area contributed by atoms with E-state index in [0.717, 1.165) is 6.42 Å². The van der Waals surface area contributed by atoms with Gasteiger partial charge in [0.15, 0.2) is 9.84 Å². The fraction of sp³-hybridized carbons (Fsp3) is 0.588. The summed E-state index contributed by atoms with van der Waals surface area (Å²) in [7, 11) is -3.40. The monoisotopic (exact) mass is 354 g/mol. The molecule has 1 amide bonds. The first kappa shape index (κ1) is 18.6. The molecule has 0 radical (unpaired) electrons. The normalized spacial score (nSPS) is 18.7. The lowest BCUT2D eigenvalue weighted by atomic mass is 10.0. The van der Waals surface area contributed by atoms with Crippen LogP contribution in [-0.2, 0) is 14.6 Å². The van der Waals surface area contributed by atoms with Gasteiger partial charge in [0.1, 0.15) is 5.60 Å². The van der Waals surface area contributed by atoms with Gasteiger partial charge in [-0.3, -0.25) is 0 Å². The number of ether oxygens (including phenoxy) is 1. The third-order valence-electron chi connectivity index (χ3n) is 3.99. The first-order valence-electron chi connectivity index (χ1n) is 8.17. The highest BCUT2D eigenvalue weighted by Gasteiger charge is 2.35. The van der Waals surface area contributed by atoms with Gasteiger partial charge in [0.25, 0.3) is 0 Å². The van der Waals surface area contributed by atoms with Crippen LogP contribution in [0.15, 0.2) is 23.1 Å². The van der Waals surface area contributed by atoms with Gasteiger partial charge in [-0.15, -0.1) is 0 Å². The van der Waals surface area contributed by atoms with Crippen molar-refractivity contribution in [2.24, 2.45) is 0 Å². The maximum absolute atomic E-state index is 12.5. The Morgan fingerprint density at radius 1 is 1.38 bits per heavy atom. The average molecular weight is 354 g/mol. The summed E-state index contributed by atoms with van der Waals surface area (Å²) in [5, 5.41) is 0. The van der Waals surface area contributed by atoms with Crippen molar-refractivity contribution in [2.45, 2.75) is 57.1 Å². The molecular formula is C17H26N2O4S. The van der Waals surface area contributed by atoms with Crippen LogP contribution >= 0.6 is 0 Å². The van der Waals surface area contributed by atoms with Crippen molar-refractivity contribution in [3.8, 4) is 0 Å². The molecule has 0 unspecified atom stereocenters. The summed E-state index contributed by atoms with van der Waals surface area (Å²) in [6.07, 6.45) is 1.06. The van der Waals surface area contributed by atoms with Crippen molar-refractivity contribution in [1.82, 2.24) is 4.90 Å². The highest BCUT2D eigenvalue weighted by Crippen LogP contribution is 2.37. The molecule has 24 heavy (non-hydrogen) atoms. The van der Waals surface area contributed by atoms with Gasteiger partial charge in [-0.25, -0.2) is 13.2 Å². The summed E-state index contributed by atoms with van der Waals surface area (Å²) in [4.78, 5) is 14.3. The van der Waals surface area contributed by atoms with Crippen LogP contribution in [0.1, 0.15) is 52.1 Å². The van der Waals surface area contributed by atoms with Gasteiger partial charge in [0.2, 0.25) is 0 Å². The molecular weight excluding hydrogens is 328 g/mol. The zero-order valence-electron chi connectivity index (χ0n) is 14.7. The second-order valence-electron chi connectivity index (χ2n) is 7.03. The predicted octanol–water partition coefficient (Wildman–Crippen LogP) is 3.13. The van der Waals surface area contributed by atoms with Crippen LogP contribution in [-0.4, -0.2) is 37.3 Å². The number of hydrogen-bond acceptors (Lipinski definition) is 5. The molecule has 1 aromatic rings. The Labute approximate surface area is 143 Å². The Kier molecular flexibility index (Phi) is 5.13. The number of rotatable bonds is 3. The van der Waals surface area contributed by atoms with Gasteiger partial charge < -0.3 is 15.4 Å². The van der Waals surface area contributed by atoms with Crippen LogP contribution in [0.2, 0.25) is 0 Å². The predicted molar refractivity (Wildman–Crippen MR) is 93.5 cm³/mol. The first-order valence-corrected chi connectivity index (χ1v) is 9.82. The number of anilines is 1. The van der Waals surface area contributed by atoms with Crippen molar-refractivity contribution in [3.05, 3.63) is 23.8 Å². The van der Waals surface area contributed by atoms with Crippen LogP contribution < -0.4 is 5.73 Å². The number of nitrogens with two attached hydrogens (primary N) is 1. The molecule has 1 aromatic carbocycles. The Balaban J connectivity index is 2.43. The molecule has 2 rings (SSSR count). The van der Waals surface area contributed by atoms with Gasteiger partial charge in [-0.2, -0.15) is 0 Å². The van der Waals surface area contributed by atoms with Gasteiger partial charge in [0.05, 0.1) is 16.7 Å². The molecule has 0 aliphatic carbocycles. The fourth-order valence-electron chi connectivity index (χ4n) is 2.90. The first-order chi connectivity index (χ1) is 11.0. The topological polar surface area (TPSA) is 89.7 Å². The van der Waals surface area contributed by atoms with E-state index in [0.29, 0.717) is 24.2 Å². The number of amides is 1. The molecule has 1 aliphatic heterocycles. The Morgan fingerprint density at radius 2 is 2.04 bits per heavy atom. The molecule has 0 aromatic heterocycles. The van der Waals surface area contributed by atoms with Crippen molar-refractivity contribution in [2.75, 3.05) is 18.0 Å². The summed E-state index contributed by atoms with van der Waals surface area (Å²) in [6.45, 7) is 7.58. The van der Waals surface area contributed by atoms with E-state index in [1.165, 1.54) is 6.07 Å². The molecule has 1 saturated heterocycles. The Morgan fingerprint density at radius 3 is 2.62 bits per heavy atom. The largest absolute Gasteiger partial charge is 0.444 e. The third-order valence-corrected chi connectivity index (χ3v) is 5.79. The summed E-state index contributed by atoms with van der Waals surface area (Å²) in [5.74, 6) is 0.00305. The Bertz CT molecular complexity index is 723. The molecule has 0 bridgehead atoms. The summed E-state index contributed by atoms with van der Waals surface area (Å²) < 4.78 is 30.3. The molecule has 1 heterocycles. The van der Waals surface area contributed by atoms with Crippen molar-refractivity contribution < 1.29 is 17.9 Å². The fourth-order valence-corrected chi connectivity index (χ4v) is 4.04. The number of likely N-dealkylation sites (tertiary alicyclic amines) is 1. The highest BCUT2D eigenvalue weighted by molar-refractivity contribution is 7.91. The maximum atomic E-state index is 12.5. The summed E-state index contributed by atoms with van der Waals surface area (Å²) >= 11 is 0. The maximum Gasteiger partial charge on any atom is 0.410 e. The number of benzene rings is 1. The van der Waals surface area contributed by atoms with Crippen LogP contribution in [0.25, 0.3) is 0 Å². The molecule has 7 heteroatoms. The lowest BCUT2D eigenvalue weighted by molar-refractivity contribution is 0.0222. The van der Waals surface area contributed by atoms with Crippen molar-refractivity contribution in [1.29, 1.82) is 0 Å². The number of nitrogens with zero attached hydrogens (tertiary/aromatic N) is 1. The lowest BCUT2D eigenvalue weighted by Gasteiger charge is -2.29. The SMILES string of the molecule is CCS(=O)(=O)c1ccc(N)cc1[C@H]1CCCN1C(=O)OC(C)(C)C. The molecule has 0 spiro atoms. The van der Waals surface area contributed by atoms with E-state index in [-0.39, 0.29) is 16.7 Å². The molecule has 1 aliphatic rings. The second-order valence-corrected chi connectivity index (χ2v) is 9.28. The average Bonchev–Trinajstić information content (AvgIpc) is 2.94. The van der Waals surface area contributed by atoms with Crippen molar-refractivity contribution in [3.63, 3.8) is 0 Å². The van der Waals surface area contributed by atoms with Crippen LogP contribution in [0.3, 0.4) is 0 Å². The van der Waals surface area contributed by atoms with Crippen molar-refractivity contribution >= 4 is 21.6 Å². The second kappa shape index (κ2) is 6.63. The van der Waals surface area contributed by atoms with Gasteiger partial charge in [-0.1, -0.05) is 6.92 Å². The van der Waals surface area contributed by atoms with E-state index in [1.807, 2.05) is 20.8 Å². The number of nitrogen functional groups attached to an aromatic ring is 1. The van der Waals surface area contributed by atoms with E-state index in [2.05, 4.69) is 0 Å². The van der Waals surface area contributed by atoms with Crippen LogP contribution in [0.5, 0.6) is 0 Å². The standard InChI is InChI=1S/C17H26N2O4S/c1-5-24(21,22)15-9-8-12(18)11-13(15)14-7-6-10-19(14)16(20)23-17(2,3)4/h8-9,11,14H,5-7,10,18H2,1-4H3/t14-/m1/s1. The number of sulfone groups is 1. The minimum Gasteiger partial charge on any atom is -0.444 e. The van der Waals surface area contributed by atoms with E-state index in [4.69, 9.17) is 10.5 Å². The molecule has 134 valence electrons.